The Morgan fingerprint density at radius 1 is 0.667 bits per heavy atom. The Bertz CT molecular complexity index is 164. The van der Waals surface area contributed by atoms with Gasteiger partial charge in [-0.25, -0.2) is 0 Å². The average Bonchev–Trinajstić information content (AvgIpc) is 2.47. The summed E-state index contributed by atoms with van der Waals surface area (Å²) in [4.78, 5) is 0. The van der Waals surface area contributed by atoms with Crippen LogP contribution in [0, 0.1) is 0 Å². The third-order valence-corrected chi connectivity index (χ3v) is 4.46. The fourth-order valence-corrected chi connectivity index (χ4v) is 2.94. The lowest BCUT2D eigenvalue weighted by atomic mass is 9.98. The van der Waals surface area contributed by atoms with Crippen molar-refractivity contribution < 1.29 is 0 Å². The summed E-state index contributed by atoms with van der Waals surface area (Å²) in [6.07, 6.45) is 22.0. The van der Waals surface area contributed by atoms with E-state index >= 15 is 0 Å². The van der Waals surface area contributed by atoms with Crippen LogP contribution in [-0.4, -0.2) is 12.6 Å². The van der Waals surface area contributed by atoms with Gasteiger partial charge in [0.05, 0.1) is 0 Å². The van der Waals surface area contributed by atoms with Crippen LogP contribution < -0.4 is 11.5 Å². The molecule has 128 valence electrons. The van der Waals surface area contributed by atoms with E-state index in [1.165, 1.54) is 103 Å². The fourth-order valence-electron chi connectivity index (χ4n) is 2.94. The van der Waals surface area contributed by atoms with Crippen LogP contribution in [0.1, 0.15) is 110 Å². The Morgan fingerprint density at radius 3 is 1.57 bits per heavy atom. The monoisotopic (exact) mass is 298 g/mol. The Kier molecular flexibility index (Phi) is 17.9. The molecule has 0 spiro atoms. The van der Waals surface area contributed by atoms with Crippen LogP contribution in [0.5, 0.6) is 0 Å². The minimum atomic E-state index is 0.519. The molecule has 0 atom stereocenters. The van der Waals surface area contributed by atoms with Gasteiger partial charge >= 0.3 is 0 Å². The highest BCUT2D eigenvalue weighted by molar-refractivity contribution is 4.64. The van der Waals surface area contributed by atoms with Crippen LogP contribution >= 0.6 is 0 Å². The molecular weight excluding hydrogens is 256 g/mol. The molecule has 0 aromatic heterocycles. The summed E-state index contributed by atoms with van der Waals surface area (Å²) in [6, 6.07) is 0.519. The van der Waals surface area contributed by atoms with Gasteiger partial charge in [0.25, 0.3) is 0 Å². The third-order valence-electron chi connectivity index (χ3n) is 4.46. The first-order valence-electron chi connectivity index (χ1n) is 9.77. The van der Waals surface area contributed by atoms with Gasteiger partial charge in [-0.1, -0.05) is 90.4 Å². The quantitative estimate of drug-likeness (QED) is 0.549. The molecule has 1 aliphatic rings. The van der Waals surface area contributed by atoms with Crippen LogP contribution in [-0.2, 0) is 0 Å². The molecule has 1 fully saturated rings. The summed E-state index contributed by atoms with van der Waals surface area (Å²) in [6.45, 7) is 3.14. The lowest BCUT2D eigenvalue weighted by Crippen LogP contribution is -2.20. The second-order valence-electron chi connectivity index (χ2n) is 6.72. The zero-order valence-electron chi connectivity index (χ0n) is 14.8. The summed E-state index contributed by atoms with van der Waals surface area (Å²) in [5.74, 6) is 0. The van der Waals surface area contributed by atoms with Gasteiger partial charge in [0.2, 0.25) is 0 Å². The van der Waals surface area contributed by atoms with Crippen molar-refractivity contribution >= 4 is 0 Å². The maximum Gasteiger partial charge on any atom is 0.00388 e. The number of hydrogen-bond donors (Lipinski definition) is 2. The Hall–Kier alpha value is -0.0800. The molecule has 0 aromatic carbocycles. The van der Waals surface area contributed by atoms with Crippen LogP contribution in [0.15, 0.2) is 0 Å². The van der Waals surface area contributed by atoms with Crippen molar-refractivity contribution in [3.8, 4) is 0 Å². The smallest absolute Gasteiger partial charge is 0.00388 e. The number of nitrogens with two attached hydrogens (primary N) is 2. The molecule has 1 saturated carbocycles. The molecule has 2 nitrogen and oxygen atoms in total. The van der Waals surface area contributed by atoms with Gasteiger partial charge in [-0.15, -0.1) is 0 Å². The molecule has 4 N–H and O–H groups in total. The molecule has 0 unspecified atom stereocenters. The molecule has 0 saturated heterocycles. The summed E-state index contributed by atoms with van der Waals surface area (Å²) in [7, 11) is 0. The van der Waals surface area contributed by atoms with E-state index in [1.54, 1.807) is 0 Å². The van der Waals surface area contributed by atoms with E-state index in [0.29, 0.717) is 6.04 Å². The third kappa shape index (κ3) is 17.9. The Morgan fingerprint density at radius 2 is 1.10 bits per heavy atom. The first kappa shape index (κ1) is 20.9. The minimum absolute atomic E-state index is 0.519. The highest BCUT2D eigenvalue weighted by atomic mass is 14.6. The fraction of sp³-hybridized carbons (Fsp3) is 1.00. The Labute approximate surface area is 134 Å². The molecule has 0 bridgehead atoms. The van der Waals surface area contributed by atoms with E-state index in [-0.39, 0.29) is 0 Å². The van der Waals surface area contributed by atoms with Crippen molar-refractivity contribution in [1.82, 2.24) is 0 Å². The van der Waals surface area contributed by atoms with Gasteiger partial charge in [0.15, 0.2) is 0 Å². The maximum atomic E-state index is 5.80. The van der Waals surface area contributed by atoms with Gasteiger partial charge in [-0.05, 0) is 25.8 Å². The summed E-state index contributed by atoms with van der Waals surface area (Å²) in [5.41, 5.74) is 11.2. The standard InChI is InChI=1S/C11H25N.C8H17N/c1-2-3-4-5-6-7-8-9-10-11-12;9-8-6-4-2-1-3-5-7-8/h2-12H2,1H3;8H,1-7,9H2. The first-order chi connectivity index (χ1) is 10.3. The molecule has 2 heteroatoms. The van der Waals surface area contributed by atoms with E-state index in [0.717, 1.165) is 6.54 Å². The largest absolute Gasteiger partial charge is 0.330 e. The topological polar surface area (TPSA) is 52.0 Å². The lowest BCUT2D eigenvalue weighted by Gasteiger charge is -2.13. The van der Waals surface area contributed by atoms with Crippen molar-refractivity contribution in [1.29, 1.82) is 0 Å². The van der Waals surface area contributed by atoms with Crippen LogP contribution in [0.2, 0.25) is 0 Å². The van der Waals surface area contributed by atoms with Gasteiger partial charge in [0, 0.05) is 6.04 Å². The van der Waals surface area contributed by atoms with Gasteiger partial charge in [-0.3, -0.25) is 0 Å². The second kappa shape index (κ2) is 18.0. The zero-order valence-corrected chi connectivity index (χ0v) is 14.8. The molecule has 0 amide bonds. The molecule has 21 heavy (non-hydrogen) atoms. The molecule has 1 rings (SSSR count). The summed E-state index contributed by atoms with van der Waals surface area (Å²) in [5, 5.41) is 0. The van der Waals surface area contributed by atoms with E-state index in [2.05, 4.69) is 6.92 Å². The summed E-state index contributed by atoms with van der Waals surface area (Å²) >= 11 is 0. The molecule has 0 aliphatic heterocycles. The van der Waals surface area contributed by atoms with Crippen molar-refractivity contribution in [3.05, 3.63) is 0 Å². The van der Waals surface area contributed by atoms with Crippen LogP contribution in [0.25, 0.3) is 0 Å². The first-order valence-corrected chi connectivity index (χ1v) is 9.77. The molecular formula is C19H42N2. The molecule has 0 aromatic rings. The number of rotatable bonds is 9. The van der Waals surface area contributed by atoms with Crippen LogP contribution in [0.4, 0.5) is 0 Å². The van der Waals surface area contributed by atoms with Crippen molar-refractivity contribution in [3.63, 3.8) is 0 Å². The maximum absolute atomic E-state index is 5.80. The zero-order chi connectivity index (χ0) is 15.6. The molecule has 1 aliphatic carbocycles. The van der Waals surface area contributed by atoms with Gasteiger partial charge in [0.1, 0.15) is 0 Å². The van der Waals surface area contributed by atoms with Crippen molar-refractivity contribution in [2.45, 2.75) is 116 Å². The lowest BCUT2D eigenvalue weighted by molar-refractivity contribution is 0.453. The normalized spacial score (nSPS) is 16.7. The minimum Gasteiger partial charge on any atom is -0.330 e. The predicted octanol–water partition coefficient (Wildman–Crippen LogP) is 5.53. The second-order valence-corrected chi connectivity index (χ2v) is 6.72. The number of hydrogen-bond acceptors (Lipinski definition) is 2. The van der Waals surface area contributed by atoms with Crippen molar-refractivity contribution in [2.75, 3.05) is 6.54 Å². The average molecular weight is 299 g/mol. The summed E-state index contributed by atoms with van der Waals surface area (Å²) < 4.78 is 0. The van der Waals surface area contributed by atoms with E-state index < -0.39 is 0 Å². The Balaban J connectivity index is 0.000000394. The molecule has 0 heterocycles. The predicted molar refractivity (Wildman–Crippen MR) is 96.6 cm³/mol. The highest BCUT2D eigenvalue weighted by Gasteiger charge is 2.04. The van der Waals surface area contributed by atoms with E-state index in [1.807, 2.05) is 0 Å². The van der Waals surface area contributed by atoms with Crippen LogP contribution in [0.3, 0.4) is 0 Å². The highest BCUT2D eigenvalue weighted by Crippen LogP contribution is 2.15. The SMILES string of the molecule is CCCCCCCCCCCN.NC1CCCCCCC1. The van der Waals surface area contributed by atoms with Gasteiger partial charge < -0.3 is 11.5 Å². The van der Waals surface area contributed by atoms with Crippen molar-refractivity contribution in [2.24, 2.45) is 11.5 Å². The van der Waals surface area contributed by atoms with E-state index in [9.17, 15) is 0 Å². The van der Waals surface area contributed by atoms with Gasteiger partial charge in [-0.2, -0.15) is 0 Å². The number of unbranched alkanes of at least 4 members (excludes halogenated alkanes) is 8. The molecule has 0 radical (unpaired) electrons. The van der Waals surface area contributed by atoms with E-state index in [4.69, 9.17) is 11.5 Å².